The second kappa shape index (κ2) is 6.21. The SMILES string of the molecule is CC(=O)c1cccc(NC(=O)Nc2ccc(Cl)cc2)c1. The number of anilines is 2. The number of benzene rings is 2. The van der Waals surface area contributed by atoms with Crippen molar-refractivity contribution in [3.8, 4) is 0 Å². The fourth-order valence-corrected chi connectivity index (χ4v) is 1.77. The van der Waals surface area contributed by atoms with Crippen LogP contribution in [0.3, 0.4) is 0 Å². The Bertz CT molecular complexity index is 639. The van der Waals surface area contributed by atoms with Gasteiger partial charge in [0.05, 0.1) is 0 Å². The monoisotopic (exact) mass is 288 g/mol. The number of halogens is 1. The number of carbonyl (C=O) groups excluding carboxylic acids is 2. The number of hydrogen-bond donors (Lipinski definition) is 2. The molecule has 0 unspecified atom stereocenters. The predicted octanol–water partition coefficient (Wildman–Crippen LogP) is 4.19. The first-order valence-corrected chi connectivity index (χ1v) is 6.37. The van der Waals surface area contributed by atoms with Crippen LogP contribution in [0.25, 0.3) is 0 Å². The van der Waals surface area contributed by atoms with E-state index in [0.29, 0.717) is 22.0 Å². The van der Waals surface area contributed by atoms with E-state index in [4.69, 9.17) is 11.6 Å². The summed E-state index contributed by atoms with van der Waals surface area (Å²) in [5.74, 6) is -0.0493. The Morgan fingerprint density at radius 2 is 1.60 bits per heavy atom. The number of amides is 2. The molecule has 0 aliphatic carbocycles. The standard InChI is InChI=1S/C15H13ClN2O2/c1-10(19)11-3-2-4-14(9-11)18-15(20)17-13-7-5-12(16)6-8-13/h2-9H,1H3,(H2,17,18,20). The van der Waals surface area contributed by atoms with Crippen LogP contribution < -0.4 is 10.6 Å². The van der Waals surface area contributed by atoms with Gasteiger partial charge in [0.2, 0.25) is 0 Å². The van der Waals surface area contributed by atoms with Gasteiger partial charge < -0.3 is 10.6 Å². The van der Waals surface area contributed by atoms with Crippen molar-refractivity contribution in [2.75, 3.05) is 10.6 Å². The maximum atomic E-state index is 11.8. The van der Waals surface area contributed by atoms with Crippen LogP contribution in [0.2, 0.25) is 5.02 Å². The summed E-state index contributed by atoms with van der Waals surface area (Å²) in [6.45, 7) is 1.48. The Morgan fingerprint density at radius 3 is 2.25 bits per heavy atom. The summed E-state index contributed by atoms with van der Waals surface area (Å²) in [7, 11) is 0. The minimum atomic E-state index is -0.381. The van der Waals surface area contributed by atoms with Gasteiger partial charge in [-0.1, -0.05) is 23.7 Å². The van der Waals surface area contributed by atoms with Gasteiger partial charge >= 0.3 is 6.03 Å². The van der Waals surface area contributed by atoms with Crippen LogP contribution >= 0.6 is 11.6 Å². The van der Waals surface area contributed by atoms with E-state index in [9.17, 15) is 9.59 Å². The third-order valence-electron chi connectivity index (χ3n) is 2.63. The minimum absolute atomic E-state index is 0.0493. The van der Waals surface area contributed by atoms with Gasteiger partial charge in [-0.15, -0.1) is 0 Å². The number of ketones is 1. The van der Waals surface area contributed by atoms with Crippen LogP contribution in [0.15, 0.2) is 48.5 Å². The van der Waals surface area contributed by atoms with Crippen molar-refractivity contribution < 1.29 is 9.59 Å². The first-order chi connectivity index (χ1) is 9.54. The van der Waals surface area contributed by atoms with Crippen molar-refractivity contribution >= 4 is 34.8 Å². The molecule has 102 valence electrons. The number of hydrogen-bond acceptors (Lipinski definition) is 2. The molecule has 0 spiro atoms. The summed E-state index contributed by atoms with van der Waals surface area (Å²) in [5, 5.41) is 5.94. The van der Waals surface area contributed by atoms with Gasteiger partial charge in [-0.2, -0.15) is 0 Å². The number of rotatable bonds is 3. The van der Waals surface area contributed by atoms with E-state index in [1.54, 1.807) is 48.5 Å². The predicted molar refractivity (Wildman–Crippen MR) is 80.5 cm³/mol. The van der Waals surface area contributed by atoms with Crippen molar-refractivity contribution in [3.05, 3.63) is 59.1 Å². The third-order valence-corrected chi connectivity index (χ3v) is 2.88. The molecule has 0 fully saturated rings. The van der Waals surface area contributed by atoms with Crippen molar-refractivity contribution in [2.24, 2.45) is 0 Å². The molecule has 4 nitrogen and oxygen atoms in total. The first kappa shape index (κ1) is 14.1. The molecule has 2 N–H and O–H groups in total. The Hall–Kier alpha value is -2.33. The summed E-state index contributed by atoms with van der Waals surface area (Å²) >= 11 is 5.76. The van der Waals surface area contributed by atoms with E-state index in [-0.39, 0.29) is 11.8 Å². The Balaban J connectivity index is 2.02. The van der Waals surface area contributed by atoms with Crippen LogP contribution in [-0.2, 0) is 0 Å². The molecule has 2 aromatic rings. The van der Waals surface area contributed by atoms with Gasteiger partial charge in [-0.25, -0.2) is 4.79 Å². The molecular weight excluding hydrogens is 276 g/mol. The zero-order chi connectivity index (χ0) is 14.5. The smallest absolute Gasteiger partial charge is 0.308 e. The van der Waals surface area contributed by atoms with E-state index in [2.05, 4.69) is 10.6 Å². The Kier molecular flexibility index (Phi) is 4.38. The van der Waals surface area contributed by atoms with Crippen molar-refractivity contribution in [3.63, 3.8) is 0 Å². The van der Waals surface area contributed by atoms with Gasteiger partial charge in [0, 0.05) is 22.0 Å². The summed E-state index contributed by atoms with van der Waals surface area (Å²) in [6.07, 6.45) is 0. The highest BCUT2D eigenvalue weighted by atomic mass is 35.5. The first-order valence-electron chi connectivity index (χ1n) is 5.99. The lowest BCUT2D eigenvalue weighted by atomic mass is 10.1. The molecule has 0 aromatic heterocycles. The summed E-state index contributed by atoms with van der Waals surface area (Å²) in [6, 6.07) is 13.2. The van der Waals surface area contributed by atoms with Gasteiger partial charge in [0.15, 0.2) is 5.78 Å². The van der Waals surface area contributed by atoms with Crippen LogP contribution in [0.5, 0.6) is 0 Å². The van der Waals surface area contributed by atoms with Gasteiger partial charge in [-0.05, 0) is 43.3 Å². The molecule has 0 aliphatic heterocycles. The molecule has 0 radical (unpaired) electrons. The van der Waals surface area contributed by atoms with Crippen molar-refractivity contribution in [2.45, 2.75) is 6.92 Å². The lowest BCUT2D eigenvalue weighted by Crippen LogP contribution is -2.19. The zero-order valence-corrected chi connectivity index (χ0v) is 11.6. The van der Waals surface area contributed by atoms with Gasteiger partial charge in [-0.3, -0.25) is 4.79 Å². The second-order valence-electron chi connectivity index (χ2n) is 4.22. The molecule has 0 bridgehead atoms. The maximum absolute atomic E-state index is 11.8. The molecule has 0 saturated heterocycles. The normalized spacial score (nSPS) is 9.90. The number of Topliss-reactive ketones (excluding diaryl/α,β-unsaturated/α-hetero) is 1. The molecule has 2 rings (SSSR count). The van der Waals surface area contributed by atoms with E-state index >= 15 is 0 Å². The lowest BCUT2D eigenvalue weighted by molar-refractivity contribution is 0.101. The lowest BCUT2D eigenvalue weighted by Gasteiger charge is -2.08. The number of nitrogens with one attached hydrogen (secondary N) is 2. The van der Waals surface area contributed by atoms with Crippen LogP contribution in [0, 0.1) is 0 Å². The molecule has 0 atom stereocenters. The molecular formula is C15H13ClN2O2. The van der Waals surface area contributed by atoms with E-state index in [0.717, 1.165) is 0 Å². The Morgan fingerprint density at radius 1 is 0.950 bits per heavy atom. The fourth-order valence-electron chi connectivity index (χ4n) is 1.64. The third kappa shape index (κ3) is 3.83. The fraction of sp³-hybridized carbons (Fsp3) is 0.0667. The zero-order valence-electron chi connectivity index (χ0n) is 10.8. The highest BCUT2D eigenvalue weighted by molar-refractivity contribution is 6.30. The summed E-state index contributed by atoms with van der Waals surface area (Å²) < 4.78 is 0. The van der Waals surface area contributed by atoms with E-state index in [1.807, 2.05) is 0 Å². The van der Waals surface area contributed by atoms with Gasteiger partial charge in [0.25, 0.3) is 0 Å². The minimum Gasteiger partial charge on any atom is -0.308 e. The van der Waals surface area contributed by atoms with E-state index < -0.39 is 0 Å². The van der Waals surface area contributed by atoms with Crippen molar-refractivity contribution in [1.82, 2.24) is 0 Å². The van der Waals surface area contributed by atoms with Crippen molar-refractivity contribution in [1.29, 1.82) is 0 Å². The number of carbonyl (C=O) groups is 2. The molecule has 0 heterocycles. The number of urea groups is 1. The summed E-state index contributed by atoms with van der Waals surface area (Å²) in [4.78, 5) is 23.1. The molecule has 2 aromatic carbocycles. The highest BCUT2D eigenvalue weighted by Gasteiger charge is 2.05. The Labute approximate surface area is 121 Å². The topological polar surface area (TPSA) is 58.2 Å². The average molecular weight is 289 g/mol. The largest absolute Gasteiger partial charge is 0.323 e. The van der Waals surface area contributed by atoms with Crippen LogP contribution in [-0.4, -0.2) is 11.8 Å². The average Bonchev–Trinajstić information content (AvgIpc) is 2.41. The maximum Gasteiger partial charge on any atom is 0.323 e. The quantitative estimate of drug-likeness (QED) is 0.832. The molecule has 0 aliphatic rings. The molecule has 5 heteroatoms. The summed E-state index contributed by atoms with van der Waals surface area (Å²) in [5.41, 5.74) is 1.74. The van der Waals surface area contributed by atoms with Crippen LogP contribution in [0.4, 0.5) is 16.2 Å². The second-order valence-corrected chi connectivity index (χ2v) is 4.66. The van der Waals surface area contributed by atoms with E-state index in [1.165, 1.54) is 6.92 Å². The molecule has 20 heavy (non-hydrogen) atoms. The molecule has 0 saturated carbocycles. The van der Waals surface area contributed by atoms with Crippen LogP contribution in [0.1, 0.15) is 17.3 Å². The molecule has 2 amide bonds. The van der Waals surface area contributed by atoms with Gasteiger partial charge in [0.1, 0.15) is 0 Å². The highest BCUT2D eigenvalue weighted by Crippen LogP contribution is 2.15.